The molecule has 0 saturated carbocycles. The summed E-state index contributed by atoms with van der Waals surface area (Å²) in [7, 11) is 14.2. The Balaban J connectivity index is 1.94. The third-order valence-electron chi connectivity index (χ3n) is 4.10. The molecule has 3 N–H and O–H groups in total. The molecular formula is C12H21B2O9PS. The van der Waals surface area contributed by atoms with E-state index in [1.807, 2.05) is 0 Å². The lowest BCUT2D eigenvalue weighted by Crippen LogP contribution is -2.38. The first-order valence-electron chi connectivity index (χ1n) is 7.56. The summed E-state index contributed by atoms with van der Waals surface area (Å²) in [6.07, 6.45) is -5.08. The van der Waals surface area contributed by atoms with Crippen molar-refractivity contribution >= 4 is 34.2 Å². The summed E-state index contributed by atoms with van der Waals surface area (Å²) in [5.74, 6) is 0. The van der Waals surface area contributed by atoms with Gasteiger partial charge in [-0.1, -0.05) is 0 Å². The first-order valence-corrected chi connectivity index (χ1v) is 10.2. The third kappa shape index (κ3) is 5.03. The van der Waals surface area contributed by atoms with E-state index in [1.54, 1.807) is 0 Å². The highest BCUT2D eigenvalue weighted by Gasteiger charge is 2.46. The van der Waals surface area contributed by atoms with Crippen LogP contribution < -0.4 is 0 Å². The average molecular weight is 394 g/mol. The normalized spacial score (nSPS) is 44.0. The first kappa shape index (κ1) is 21.7. The maximum atomic E-state index is 10.3. The fraction of sp³-hybridized carbons (Fsp3) is 1.00. The van der Waals surface area contributed by atoms with Crippen molar-refractivity contribution in [2.24, 2.45) is 0 Å². The van der Waals surface area contributed by atoms with Crippen molar-refractivity contribution in [3.05, 3.63) is 0 Å². The summed E-state index contributed by atoms with van der Waals surface area (Å²) in [6, 6.07) is -1.67. The number of hydrogen-bond acceptors (Lipinski definition) is 9. The lowest BCUT2D eigenvalue weighted by Gasteiger charge is -2.27. The van der Waals surface area contributed by atoms with E-state index in [9.17, 15) is 15.1 Å². The molecule has 0 bridgehead atoms. The molecule has 2 rings (SSSR count). The Morgan fingerprint density at radius 2 is 1.60 bits per heavy atom. The van der Waals surface area contributed by atoms with E-state index in [1.165, 1.54) is 14.2 Å². The van der Waals surface area contributed by atoms with Gasteiger partial charge in [-0.05, 0) is 11.8 Å². The summed E-state index contributed by atoms with van der Waals surface area (Å²) in [5, 5.41) is 19.4. The number of aliphatic hydroxyl groups excluding tert-OH is 2. The molecule has 2 fully saturated rings. The van der Waals surface area contributed by atoms with Crippen LogP contribution in [-0.2, 0) is 39.8 Å². The van der Waals surface area contributed by atoms with Crippen LogP contribution >= 0.6 is 6.72 Å². The van der Waals surface area contributed by atoms with Crippen LogP contribution in [0.4, 0.5) is 0 Å². The SMILES string of the molecule is [B][C@@H]1O[C@H](COP(O)(=S)OC2C(OC)[C@H]([B])O[C@@H]2CO)C(O)C1OC. The van der Waals surface area contributed by atoms with Gasteiger partial charge in [0.05, 0.1) is 13.2 Å². The van der Waals surface area contributed by atoms with Gasteiger partial charge in [-0.15, -0.1) is 0 Å². The average Bonchev–Trinajstić information content (AvgIpc) is 3.00. The number of rotatable bonds is 8. The third-order valence-corrected chi connectivity index (χ3v) is 5.66. The van der Waals surface area contributed by atoms with Gasteiger partial charge in [0, 0.05) is 26.2 Å². The summed E-state index contributed by atoms with van der Waals surface area (Å²) < 4.78 is 31.5. The summed E-state index contributed by atoms with van der Waals surface area (Å²) >= 11 is 4.97. The minimum absolute atomic E-state index is 0.260. The molecule has 0 aromatic heterocycles. The molecule has 13 heteroatoms. The maximum Gasteiger partial charge on any atom is 0.325 e. The van der Waals surface area contributed by atoms with Crippen molar-refractivity contribution in [1.82, 2.24) is 0 Å². The second kappa shape index (κ2) is 9.07. The van der Waals surface area contributed by atoms with Crippen molar-refractivity contribution in [3.8, 4) is 0 Å². The van der Waals surface area contributed by atoms with E-state index in [0.29, 0.717) is 0 Å². The lowest BCUT2D eigenvalue weighted by molar-refractivity contribution is -0.0285. The van der Waals surface area contributed by atoms with E-state index >= 15 is 0 Å². The number of methoxy groups -OCH3 is 2. The molecule has 9 nitrogen and oxygen atoms in total. The van der Waals surface area contributed by atoms with Crippen molar-refractivity contribution in [2.45, 2.75) is 48.6 Å². The summed E-state index contributed by atoms with van der Waals surface area (Å²) in [4.78, 5) is 10.3. The highest BCUT2D eigenvalue weighted by atomic mass is 32.5. The van der Waals surface area contributed by atoms with Crippen molar-refractivity contribution in [1.29, 1.82) is 0 Å². The Morgan fingerprint density at radius 1 is 1.04 bits per heavy atom. The van der Waals surface area contributed by atoms with Crippen molar-refractivity contribution in [2.75, 3.05) is 27.4 Å². The van der Waals surface area contributed by atoms with Crippen LogP contribution in [0.25, 0.3) is 0 Å². The van der Waals surface area contributed by atoms with Gasteiger partial charge in [0.1, 0.15) is 52.3 Å². The summed E-state index contributed by atoms with van der Waals surface area (Å²) in [5.41, 5.74) is 0. The van der Waals surface area contributed by atoms with Crippen molar-refractivity contribution in [3.63, 3.8) is 0 Å². The predicted octanol–water partition coefficient (Wildman–Crippen LogP) is -2.22. The Hall–Kier alpha value is 0.420. The topological polar surface area (TPSA) is 116 Å². The Bertz CT molecular complexity index is 490. The highest BCUT2D eigenvalue weighted by molar-refractivity contribution is 8.07. The van der Waals surface area contributed by atoms with E-state index in [-0.39, 0.29) is 6.61 Å². The first-order chi connectivity index (χ1) is 11.7. The van der Waals surface area contributed by atoms with Crippen LogP contribution in [0.3, 0.4) is 0 Å². The quantitative estimate of drug-likeness (QED) is 0.309. The van der Waals surface area contributed by atoms with E-state index in [2.05, 4.69) is 0 Å². The molecular weight excluding hydrogens is 373 g/mol. The molecule has 2 aliphatic rings. The second-order valence-corrected chi connectivity index (χ2v) is 8.48. The van der Waals surface area contributed by atoms with Gasteiger partial charge in [0.2, 0.25) is 0 Å². The number of aliphatic hydroxyl groups is 2. The molecule has 0 aromatic carbocycles. The Labute approximate surface area is 153 Å². The zero-order chi connectivity index (χ0) is 18.8. The van der Waals surface area contributed by atoms with Crippen LogP contribution in [0, 0.1) is 0 Å². The molecule has 9 atom stereocenters. The molecule has 5 unspecified atom stereocenters. The number of hydrogen-bond donors (Lipinski definition) is 3. The molecule has 2 saturated heterocycles. The van der Waals surface area contributed by atoms with E-state index < -0.39 is 62.0 Å². The van der Waals surface area contributed by atoms with Crippen LogP contribution in [0.15, 0.2) is 0 Å². The van der Waals surface area contributed by atoms with Gasteiger partial charge < -0.3 is 38.6 Å². The smallest absolute Gasteiger partial charge is 0.325 e. The second-order valence-electron chi connectivity index (χ2n) is 5.69. The molecule has 140 valence electrons. The van der Waals surface area contributed by atoms with Gasteiger partial charge in [0.25, 0.3) is 0 Å². The van der Waals surface area contributed by atoms with Gasteiger partial charge in [-0.3, -0.25) is 4.52 Å². The minimum atomic E-state index is -3.76. The van der Waals surface area contributed by atoms with Crippen molar-refractivity contribution < 1.29 is 43.1 Å². The molecule has 4 radical (unpaired) electrons. The van der Waals surface area contributed by atoms with Gasteiger partial charge in [0.15, 0.2) is 0 Å². The molecule has 0 aliphatic carbocycles. The highest BCUT2D eigenvalue weighted by Crippen LogP contribution is 2.48. The van der Waals surface area contributed by atoms with Crippen LogP contribution in [-0.4, -0.2) is 107 Å². The van der Waals surface area contributed by atoms with E-state index in [4.69, 9.17) is 55.5 Å². The zero-order valence-corrected chi connectivity index (χ0v) is 15.5. The maximum absolute atomic E-state index is 10.3. The largest absolute Gasteiger partial charge is 0.394 e. The minimum Gasteiger partial charge on any atom is -0.394 e. The Morgan fingerprint density at radius 3 is 2.12 bits per heavy atom. The van der Waals surface area contributed by atoms with Gasteiger partial charge in [-0.2, -0.15) is 0 Å². The van der Waals surface area contributed by atoms with Crippen LogP contribution in [0.2, 0.25) is 0 Å². The monoisotopic (exact) mass is 394 g/mol. The standard InChI is InChI=1S/C12H21B2O9PS/c1-18-9-7(16)6(22-11(9)13)4-20-24(17,25)23-8-5(3-15)21-12(14)10(8)19-2/h5-12,15-16H,3-4H2,1-2H3,(H,17,25)/t5-,6-,7?,8?,9?,10?,11-,12-,24?/m1/s1. The molecule has 2 heterocycles. The van der Waals surface area contributed by atoms with Crippen LogP contribution in [0.1, 0.15) is 0 Å². The molecule has 2 aliphatic heterocycles. The van der Waals surface area contributed by atoms with E-state index in [0.717, 1.165) is 0 Å². The molecule has 0 aromatic rings. The molecule has 25 heavy (non-hydrogen) atoms. The summed E-state index contributed by atoms with van der Waals surface area (Å²) in [6.45, 7) is -4.42. The Kier molecular flexibility index (Phi) is 7.88. The van der Waals surface area contributed by atoms with Gasteiger partial charge >= 0.3 is 6.72 Å². The lowest BCUT2D eigenvalue weighted by atomic mass is 9.93. The zero-order valence-electron chi connectivity index (χ0n) is 13.8. The molecule has 0 spiro atoms. The number of ether oxygens (including phenoxy) is 4. The predicted molar refractivity (Wildman–Crippen MR) is 90.8 cm³/mol. The fourth-order valence-corrected chi connectivity index (χ4v) is 4.27. The van der Waals surface area contributed by atoms with Gasteiger partial charge in [-0.25, -0.2) is 0 Å². The van der Waals surface area contributed by atoms with Crippen LogP contribution in [0.5, 0.6) is 0 Å². The molecule has 0 amide bonds. The fourth-order valence-electron chi connectivity index (χ4n) is 2.83.